The van der Waals surface area contributed by atoms with Crippen LogP contribution in [-0.4, -0.2) is 61.5 Å². The van der Waals surface area contributed by atoms with Gasteiger partial charge in [-0.2, -0.15) is 0 Å². The highest BCUT2D eigenvalue weighted by molar-refractivity contribution is 5.53. The summed E-state index contributed by atoms with van der Waals surface area (Å²) in [5.74, 6) is 2.86. The number of aromatic nitrogens is 2. The van der Waals surface area contributed by atoms with Gasteiger partial charge in [0, 0.05) is 30.7 Å². The van der Waals surface area contributed by atoms with E-state index in [1.165, 1.54) is 0 Å². The molecule has 1 aromatic heterocycles. The first kappa shape index (κ1) is 25.4. The average Bonchev–Trinajstić information content (AvgIpc) is 3.42. The van der Waals surface area contributed by atoms with Crippen LogP contribution >= 0.6 is 0 Å². The van der Waals surface area contributed by atoms with Gasteiger partial charge >= 0.3 is 0 Å². The summed E-state index contributed by atoms with van der Waals surface area (Å²) in [5, 5.41) is 0. The first-order chi connectivity index (χ1) is 16.5. The topological polar surface area (TPSA) is 58.0 Å². The summed E-state index contributed by atoms with van der Waals surface area (Å²) in [6, 6.07) is 12.5. The fourth-order valence-corrected chi connectivity index (χ4v) is 4.33. The van der Waals surface area contributed by atoms with Crippen LogP contribution in [0.25, 0.3) is 5.69 Å². The minimum Gasteiger partial charge on any atom is -0.493 e. The van der Waals surface area contributed by atoms with Crippen molar-refractivity contribution in [3.8, 4) is 28.7 Å². The number of methoxy groups -OCH3 is 3. The van der Waals surface area contributed by atoms with E-state index in [9.17, 15) is 0 Å². The normalized spacial score (nSPS) is 12.9. The van der Waals surface area contributed by atoms with E-state index in [-0.39, 0.29) is 6.10 Å². The molecule has 184 valence electrons. The number of imidazole rings is 1. The van der Waals surface area contributed by atoms with Gasteiger partial charge in [0.1, 0.15) is 11.9 Å². The molecule has 0 aliphatic carbocycles. The highest BCUT2D eigenvalue weighted by atomic mass is 16.5. The van der Waals surface area contributed by atoms with Gasteiger partial charge in [-0.25, -0.2) is 4.98 Å². The van der Waals surface area contributed by atoms with Crippen molar-refractivity contribution in [2.24, 2.45) is 0 Å². The zero-order chi connectivity index (χ0) is 24.5. The summed E-state index contributed by atoms with van der Waals surface area (Å²) in [6.45, 7) is 5.28. The van der Waals surface area contributed by atoms with Crippen LogP contribution in [0, 0.1) is 0 Å². The second-order valence-corrected chi connectivity index (χ2v) is 8.27. The van der Waals surface area contributed by atoms with E-state index >= 15 is 0 Å². The second kappa shape index (κ2) is 12.3. The van der Waals surface area contributed by atoms with Crippen molar-refractivity contribution in [1.82, 2.24) is 14.5 Å². The zero-order valence-corrected chi connectivity index (χ0v) is 21.2. The molecular formula is C27H37N3O4. The Morgan fingerprint density at radius 2 is 1.62 bits per heavy atom. The van der Waals surface area contributed by atoms with Crippen LogP contribution in [0.1, 0.15) is 32.3 Å². The van der Waals surface area contributed by atoms with Crippen molar-refractivity contribution in [3.63, 3.8) is 0 Å². The maximum atomic E-state index is 6.44. The molecule has 2 atom stereocenters. The van der Waals surface area contributed by atoms with Crippen molar-refractivity contribution in [2.45, 2.75) is 45.3 Å². The summed E-state index contributed by atoms with van der Waals surface area (Å²) in [5.41, 5.74) is 2.20. The van der Waals surface area contributed by atoms with Crippen LogP contribution in [0.3, 0.4) is 0 Å². The van der Waals surface area contributed by atoms with Crippen LogP contribution in [0.4, 0.5) is 0 Å². The van der Waals surface area contributed by atoms with Crippen molar-refractivity contribution < 1.29 is 18.9 Å². The Bertz CT molecular complexity index is 980. The lowest BCUT2D eigenvalue weighted by atomic mass is 10.0. The van der Waals surface area contributed by atoms with Gasteiger partial charge in [0.2, 0.25) is 5.75 Å². The van der Waals surface area contributed by atoms with Gasteiger partial charge in [0.25, 0.3) is 0 Å². The summed E-state index contributed by atoms with van der Waals surface area (Å²) >= 11 is 0. The molecule has 0 radical (unpaired) electrons. The Hall–Kier alpha value is -3.19. The molecule has 0 N–H and O–H groups in total. The van der Waals surface area contributed by atoms with Crippen molar-refractivity contribution in [3.05, 3.63) is 60.7 Å². The molecule has 7 heteroatoms. The van der Waals surface area contributed by atoms with Gasteiger partial charge in [0.05, 0.1) is 27.7 Å². The standard InChI is InChI=1S/C27H37N3O4/c1-7-23(24(8-2)34-22-11-9-21(10-12-22)30-16-14-28-19-30)29(3)15-13-20-17-25(31-4)27(33-6)26(18-20)32-5/h9-12,14,16-19,23-24H,7-8,13,15H2,1-6H3. The Balaban J connectivity index is 1.66. The number of benzene rings is 2. The van der Waals surface area contributed by atoms with Gasteiger partial charge in [-0.1, -0.05) is 13.8 Å². The third-order valence-corrected chi connectivity index (χ3v) is 6.22. The monoisotopic (exact) mass is 467 g/mol. The van der Waals surface area contributed by atoms with E-state index < -0.39 is 0 Å². The number of hydrogen-bond acceptors (Lipinski definition) is 6. The molecule has 34 heavy (non-hydrogen) atoms. The molecule has 2 aromatic carbocycles. The van der Waals surface area contributed by atoms with E-state index in [1.807, 2.05) is 35.0 Å². The largest absolute Gasteiger partial charge is 0.493 e. The Morgan fingerprint density at radius 1 is 0.941 bits per heavy atom. The molecule has 0 fully saturated rings. The Morgan fingerprint density at radius 3 is 2.12 bits per heavy atom. The van der Waals surface area contributed by atoms with Crippen LogP contribution < -0.4 is 18.9 Å². The fraction of sp³-hybridized carbons (Fsp3) is 0.444. The summed E-state index contributed by atoms with van der Waals surface area (Å²) in [4.78, 5) is 6.50. The van der Waals surface area contributed by atoms with Crippen molar-refractivity contribution >= 4 is 0 Å². The summed E-state index contributed by atoms with van der Waals surface area (Å²) in [7, 11) is 7.08. The number of ether oxygens (including phenoxy) is 4. The minimum atomic E-state index is 0.0917. The highest BCUT2D eigenvalue weighted by Crippen LogP contribution is 2.38. The van der Waals surface area contributed by atoms with E-state index in [4.69, 9.17) is 18.9 Å². The van der Waals surface area contributed by atoms with Crippen LogP contribution in [-0.2, 0) is 6.42 Å². The molecule has 0 bridgehead atoms. The minimum absolute atomic E-state index is 0.0917. The van der Waals surface area contributed by atoms with Gasteiger partial charge in [-0.3, -0.25) is 4.90 Å². The third-order valence-electron chi connectivity index (χ3n) is 6.22. The predicted octanol–water partition coefficient (Wildman–Crippen LogP) is 5.01. The fourth-order valence-electron chi connectivity index (χ4n) is 4.33. The third kappa shape index (κ3) is 6.03. The first-order valence-electron chi connectivity index (χ1n) is 11.8. The molecule has 0 saturated heterocycles. The number of rotatable bonds is 13. The lowest BCUT2D eigenvalue weighted by Gasteiger charge is -2.34. The molecule has 0 saturated carbocycles. The SMILES string of the molecule is CCC(Oc1ccc(-n2ccnc2)cc1)C(CC)N(C)CCc1cc(OC)c(OC)c(OC)c1. The second-order valence-electron chi connectivity index (χ2n) is 8.27. The van der Waals surface area contributed by atoms with Crippen LogP contribution in [0.2, 0.25) is 0 Å². The molecule has 1 heterocycles. The lowest BCUT2D eigenvalue weighted by Crippen LogP contribution is -2.44. The van der Waals surface area contributed by atoms with E-state index in [0.29, 0.717) is 23.3 Å². The summed E-state index contributed by atoms with van der Waals surface area (Å²) in [6.07, 6.45) is 8.38. The molecule has 0 amide bonds. The predicted molar refractivity (Wildman–Crippen MR) is 135 cm³/mol. The quantitative estimate of drug-likeness (QED) is 0.352. The zero-order valence-electron chi connectivity index (χ0n) is 21.2. The molecule has 0 aliphatic rings. The molecule has 0 spiro atoms. The number of hydrogen-bond donors (Lipinski definition) is 0. The van der Waals surface area contributed by atoms with Crippen LogP contribution in [0.5, 0.6) is 23.0 Å². The smallest absolute Gasteiger partial charge is 0.203 e. The first-order valence-corrected chi connectivity index (χ1v) is 11.8. The number of likely N-dealkylation sites (N-methyl/N-ethyl adjacent to an activating group) is 1. The molecule has 2 unspecified atom stereocenters. The highest BCUT2D eigenvalue weighted by Gasteiger charge is 2.24. The lowest BCUT2D eigenvalue weighted by molar-refractivity contribution is 0.0771. The molecule has 3 aromatic rings. The Labute approximate surface area is 203 Å². The van der Waals surface area contributed by atoms with E-state index in [2.05, 4.69) is 42.9 Å². The van der Waals surface area contributed by atoms with Gasteiger partial charge in [0.15, 0.2) is 11.5 Å². The van der Waals surface area contributed by atoms with Crippen molar-refractivity contribution in [1.29, 1.82) is 0 Å². The molecule has 0 aliphatic heterocycles. The number of nitrogens with zero attached hydrogens (tertiary/aromatic N) is 3. The maximum absolute atomic E-state index is 6.44. The molecule has 3 rings (SSSR count). The van der Waals surface area contributed by atoms with Gasteiger partial charge in [-0.15, -0.1) is 0 Å². The van der Waals surface area contributed by atoms with Crippen LogP contribution in [0.15, 0.2) is 55.1 Å². The summed E-state index contributed by atoms with van der Waals surface area (Å²) < 4.78 is 24.9. The van der Waals surface area contributed by atoms with E-state index in [1.54, 1.807) is 33.9 Å². The maximum Gasteiger partial charge on any atom is 0.203 e. The van der Waals surface area contributed by atoms with Gasteiger partial charge < -0.3 is 23.5 Å². The molecule has 7 nitrogen and oxygen atoms in total. The Kier molecular flexibility index (Phi) is 9.22. The van der Waals surface area contributed by atoms with Gasteiger partial charge in [-0.05, 0) is 68.3 Å². The molecular weight excluding hydrogens is 430 g/mol. The van der Waals surface area contributed by atoms with E-state index in [0.717, 1.165) is 42.8 Å². The average molecular weight is 468 g/mol. The van der Waals surface area contributed by atoms with Crippen molar-refractivity contribution in [2.75, 3.05) is 34.9 Å².